The number of hydrogen-bond acceptors (Lipinski definition) is 4. The Bertz CT molecular complexity index is 699. The molecule has 1 heterocycles. The molecule has 0 unspecified atom stereocenters. The Kier molecular flexibility index (Phi) is 5.80. The number of para-hydroxylation sites is 1. The van der Waals surface area contributed by atoms with E-state index in [1.165, 1.54) is 32.0 Å². The zero-order valence-electron chi connectivity index (χ0n) is 13.5. The number of carbonyl (C=O) groups excluding carboxylic acids is 1. The molecular formula is C18H21BrN4O. The second kappa shape index (κ2) is 8.24. The predicted octanol–water partition coefficient (Wildman–Crippen LogP) is 4.44. The number of aromatic nitrogens is 2. The molecule has 1 fully saturated rings. The number of hydrogen-bond donors (Lipinski definition) is 2. The fourth-order valence-corrected chi connectivity index (χ4v) is 3.32. The first-order chi connectivity index (χ1) is 11.7. The summed E-state index contributed by atoms with van der Waals surface area (Å²) >= 11 is 3.49. The molecule has 0 saturated heterocycles. The summed E-state index contributed by atoms with van der Waals surface area (Å²) < 4.78 is 0.938. The second-order valence-corrected chi connectivity index (χ2v) is 6.91. The molecule has 2 aromatic rings. The molecule has 1 aliphatic carbocycles. The SMILES string of the molecule is O=C(NC1CCCCCC1)c1cc(Nc2ccccc2Br)ncn1. The first-order valence-electron chi connectivity index (χ1n) is 8.37. The van der Waals surface area contributed by atoms with E-state index in [2.05, 4.69) is 36.5 Å². The minimum absolute atomic E-state index is 0.125. The number of nitrogens with zero attached hydrogens (tertiary/aromatic N) is 2. The Morgan fingerprint density at radius 1 is 1.08 bits per heavy atom. The zero-order valence-corrected chi connectivity index (χ0v) is 15.1. The lowest BCUT2D eigenvalue weighted by molar-refractivity contribution is 0.0928. The molecule has 1 amide bonds. The lowest BCUT2D eigenvalue weighted by atomic mass is 10.1. The summed E-state index contributed by atoms with van der Waals surface area (Å²) in [7, 11) is 0. The van der Waals surface area contributed by atoms with Crippen LogP contribution >= 0.6 is 15.9 Å². The van der Waals surface area contributed by atoms with E-state index in [0.29, 0.717) is 11.5 Å². The number of benzene rings is 1. The van der Waals surface area contributed by atoms with Crippen molar-refractivity contribution in [2.45, 2.75) is 44.6 Å². The van der Waals surface area contributed by atoms with Crippen molar-refractivity contribution in [3.8, 4) is 0 Å². The van der Waals surface area contributed by atoms with Gasteiger partial charge in [0.05, 0.1) is 5.69 Å². The van der Waals surface area contributed by atoms with Crippen molar-refractivity contribution in [1.29, 1.82) is 0 Å². The molecule has 0 radical (unpaired) electrons. The van der Waals surface area contributed by atoms with Gasteiger partial charge in [-0.05, 0) is 40.9 Å². The molecule has 126 valence electrons. The average molecular weight is 389 g/mol. The van der Waals surface area contributed by atoms with Crippen molar-refractivity contribution in [1.82, 2.24) is 15.3 Å². The fourth-order valence-electron chi connectivity index (χ4n) is 2.93. The van der Waals surface area contributed by atoms with Gasteiger partial charge in [-0.3, -0.25) is 4.79 Å². The van der Waals surface area contributed by atoms with Crippen molar-refractivity contribution >= 4 is 33.3 Å². The summed E-state index contributed by atoms with van der Waals surface area (Å²) in [6, 6.07) is 9.72. The van der Waals surface area contributed by atoms with Crippen LogP contribution in [0.1, 0.15) is 49.0 Å². The van der Waals surface area contributed by atoms with Crippen molar-refractivity contribution in [3.63, 3.8) is 0 Å². The van der Waals surface area contributed by atoms with Crippen molar-refractivity contribution in [2.24, 2.45) is 0 Å². The van der Waals surface area contributed by atoms with Crippen LogP contribution < -0.4 is 10.6 Å². The van der Waals surface area contributed by atoms with Crippen LogP contribution in [0, 0.1) is 0 Å². The summed E-state index contributed by atoms with van der Waals surface area (Å²) in [5, 5.41) is 6.31. The monoisotopic (exact) mass is 388 g/mol. The molecule has 0 atom stereocenters. The van der Waals surface area contributed by atoms with Gasteiger partial charge in [0.2, 0.25) is 0 Å². The molecule has 24 heavy (non-hydrogen) atoms. The Hall–Kier alpha value is -1.95. The number of nitrogens with one attached hydrogen (secondary N) is 2. The van der Waals surface area contributed by atoms with Crippen LogP contribution in [0.3, 0.4) is 0 Å². The lowest BCUT2D eigenvalue weighted by Gasteiger charge is -2.16. The maximum absolute atomic E-state index is 12.5. The maximum Gasteiger partial charge on any atom is 0.270 e. The van der Waals surface area contributed by atoms with Gasteiger partial charge >= 0.3 is 0 Å². The third-order valence-corrected chi connectivity index (χ3v) is 4.92. The Morgan fingerprint density at radius 3 is 2.58 bits per heavy atom. The summed E-state index contributed by atoms with van der Waals surface area (Å²) in [6.45, 7) is 0. The summed E-state index contributed by atoms with van der Waals surface area (Å²) in [6.07, 6.45) is 8.42. The van der Waals surface area contributed by atoms with Crippen LogP contribution in [0.5, 0.6) is 0 Å². The third-order valence-electron chi connectivity index (χ3n) is 4.23. The van der Waals surface area contributed by atoms with E-state index >= 15 is 0 Å². The first kappa shape index (κ1) is 16.9. The van der Waals surface area contributed by atoms with Gasteiger partial charge in [-0.1, -0.05) is 37.8 Å². The molecule has 0 spiro atoms. The van der Waals surface area contributed by atoms with Gasteiger partial charge < -0.3 is 10.6 Å². The molecule has 5 nitrogen and oxygen atoms in total. The molecule has 2 N–H and O–H groups in total. The van der Waals surface area contributed by atoms with Crippen LogP contribution in [-0.2, 0) is 0 Å². The second-order valence-electron chi connectivity index (χ2n) is 6.06. The standard InChI is InChI=1S/C18H21BrN4O/c19-14-9-5-6-10-15(14)23-17-11-16(20-12-21-17)18(24)22-13-7-3-1-2-4-8-13/h5-6,9-13H,1-4,7-8H2,(H,22,24)(H,20,21,23). The predicted molar refractivity (Wildman–Crippen MR) is 98.4 cm³/mol. The van der Waals surface area contributed by atoms with Gasteiger partial charge in [0.15, 0.2) is 0 Å². The number of anilines is 2. The highest BCUT2D eigenvalue weighted by atomic mass is 79.9. The number of carbonyl (C=O) groups is 1. The van der Waals surface area contributed by atoms with Crippen LogP contribution in [-0.4, -0.2) is 21.9 Å². The van der Waals surface area contributed by atoms with E-state index in [1.807, 2.05) is 24.3 Å². The van der Waals surface area contributed by atoms with Crippen LogP contribution in [0.4, 0.5) is 11.5 Å². The number of amides is 1. The van der Waals surface area contributed by atoms with E-state index in [0.717, 1.165) is 23.0 Å². The molecule has 1 aliphatic rings. The maximum atomic E-state index is 12.5. The first-order valence-corrected chi connectivity index (χ1v) is 9.16. The Balaban J connectivity index is 1.68. The highest BCUT2D eigenvalue weighted by Crippen LogP contribution is 2.24. The van der Waals surface area contributed by atoms with E-state index < -0.39 is 0 Å². The smallest absolute Gasteiger partial charge is 0.270 e. The quantitative estimate of drug-likeness (QED) is 0.759. The highest BCUT2D eigenvalue weighted by molar-refractivity contribution is 9.10. The van der Waals surface area contributed by atoms with Gasteiger partial charge in [-0.15, -0.1) is 0 Å². The molecule has 3 rings (SSSR count). The van der Waals surface area contributed by atoms with E-state index in [9.17, 15) is 4.79 Å². The van der Waals surface area contributed by atoms with Crippen LogP contribution in [0.25, 0.3) is 0 Å². The average Bonchev–Trinajstić information content (AvgIpc) is 2.86. The largest absolute Gasteiger partial charge is 0.348 e. The van der Waals surface area contributed by atoms with E-state index in [1.54, 1.807) is 6.07 Å². The molecule has 0 bridgehead atoms. The minimum atomic E-state index is -0.125. The fraction of sp³-hybridized carbons (Fsp3) is 0.389. The summed E-state index contributed by atoms with van der Waals surface area (Å²) in [5.41, 5.74) is 1.29. The molecule has 1 aromatic carbocycles. The number of halogens is 1. The zero-order chi connectivity index (χ0) is 16.8. The summed E-state index contributed by atoms with van der Waals surface area (Å²) in [5.74, 6) is 0.474. The van der Waals surface area contributed by atoms with Gasteiger partial charge in [0, 0.05) is 16.6 Å². The minimum Gasteiger partial charge on any atom is -0.348 e. The normalized spacial score (nSPS) is 15.5. The van der Waals surface area contributed by atoms with Gasteiger partial charge in [-0.2, -0.15) is 0 Å². The van der Waals surface area contributed by atoms with Gasteiger partial charge in [0.1, 0.15) is 17.8 Å². The van der Waals surface area contributed by atoms with Crippen LogP contribution in [0.2, 0.25) is 0 Å². The molecule has 1 aromatic heterocycles. The number of rotatable bonds is 4. The van der Waals surface area contributed by atoms with Crippen molar-refractivity contribution in [3.05, 3.63) is 46.8 Å². The molecule has 1 saturated carbocycles. The highest BCUT2D eigenvalue weighted by Gasteiger charge is 2.17. The van der Waals surface area contributed by atoms with Gasteiger partial charge in [0.25, 0.3) is 5.91 Å². The van der Waals surface area contributed by atoms with Crippen molar-refractivity contribution in [2.75, 3.05) is 5.32 Å². The summed E-state index contributed by atoms with van der Waals surface area (Å²) in [4.78, 5) is 20.8. The van der Waals surface area contributed by atoms with Crippen LogP contribution in [0.15, 0.2) is 41.1 Å². The van der Waals surface area contributed by atoms with Gasteiger partial charge in [-0.25, -0.2) is 9.97 Å². The molecular weight excluding hydrogens is 368 g/mol. The Labute approximate surface area is 150 Å². The lowest BCUT2D eigenvalue weighted by Crippen LogP contribution is -2.34. The van der Waals surface area contributed by atoms with E-state index in [-0.39, 0.29) is 11.9 Å². The molecule has 6 heteroatoms. The van der Waals surface area contributed by atoms with E-state index in [4.69, 9.17) is 0 Å². The third kappa shape index (κ3) is 4.54. The topological polar surface area (TPSA) is 66.9 Å². The van der Waals surface area contributed by atoms with Crippen molar-refractivity contribution < 1.29 is 4.79 Å². The Morgan fingerprint density at radius 2 is 1.83 bits per heavy atom. The molecule has 0 aliphatic heterocycles.